The fourth-order valence-electron chi connectivity index (χ4n) is 2.53. The van der Waals surface area contributed by atoms with Gasteiger partial charge in [0.15, 0.2) is 0 Å². The number of sulfonamides is 1. The van der Waals surface area contributed by atoms with Gasteiger partial charge >= 0.3 is 0 Å². The molecule has 0 aliphatic carbocycles. The summed E-state index contributed by atoms with van der Waals surface area (Å²) in [6.45, 7) is 1.28. The maximum Gasteiger partial charge on any atom is 0.243 e. The number of rotatable bonds is 5. The molecule has 1 aliphatic rings. The number of halogens is 2. The van der Waals surface area contributed by atoms with Gasteiger partial charge in [0.25, 0.3) is 0 Å². The molecule has 1 saturated heterocycles. The monoisotopic (exact) mass is 450 g/mol. The summed E-state index contributed by atoms with van der Waals surface area (Å²) in [6, 6.07) is 8.19. The van der Waals surface area contributed by atoms with Crippen LogP contribution in [0.25, 0.3) is 0 Å². The van der Waals surface area contributed by atoms with Crippen LogP contribution in [0.5, 0.6) is 0 Å². The Morgan fingerprint density at radius 1 is 1.12 bits per heavy atom. The topological polar surface area (TPSA) is 57.7 Å². The number of thioether (sulfide) groups is 1. The predicted molar refractivity (Wildman–Crippen MR) is 107 cm³/mol. The molecule has 1 amide bonds. The maximum atomic E-state index is 12.7. The molecule has 1 aliphatic heterocycles. The van der Waals surface area contributed by atoms with Crippen LogP contribution in [0, 0.1) is 0 Å². The fraction of sp³-hybridized carbons (Fsp3) is 0.312. The largest absolute Gasteiger partial charge is 0.339 e. The Bertz CT molecular complexity index is 880. The number of carbonyl (C=O) groups is 1. The molecule has 2 aromatic rings. The van der Waals surface area contributed by atoms with E-state index in [1.807, 2.05) is 17.5 Å². The molecular weight excluding hydrogens is 435 g/mol. The van der Waals surface area contributed by atoms with Gasteiger partial charge in [-0.3, -0.25) is 4.79 Å². The molecule has 0 saturated carbocycles. The van der Waals surface area contributed by atoms with E-state index in [1.165, 1.54) is 34.3 Å². The lowest BCUT2D eigenvalue weighted by Gasteiger charge is -2.34. The average Bonchev–Trinajstić information content (AvgIpc) is 3.15. The Hall–Kier alpha value is -0.770. The Labute approximate surface area is 170 Å². The number of hydrogen-bond donors (Lipinski definition) is 0. The minimum absolute atomic E-state index is 0.0231. The summed E-state index contributed by atoms with van der Waals surface area (Å²) in [7, 11) is -3.65. The first-order chi connectivity index (χ1) is 12.4. The second-order valence-electron chi connectivity index (χ2n) is 5.58. The molecule has 26 heavy (non-hydrogen) atoms. The van der Waals surface area contributed by atoms with E-state index in [1.54, 1.807) is 16.2 Å². The van der Waals surface area contributed by atoms with Gasteiger partial charge in [-0.05, 0) is 29.6 Å². The van der Waals surface area contributed by atoms with Crippen molar-refractivity contribution in [3.8, 4) is 0 Å². The molecule has 0 unspecified atom stereocenters. The van der Waals surface area contributed by atoms with Crippen LogP contribution in [-0.2, 0) is 14.8 Å². The normalized spacial score (nSPS) is 16.0. The maximum absolute atomic E-state index is 12.7. The van der Waals surface area contributed by atoms with Gasteiger partial charge in [0.1, 0.15) is 0 Å². The van der Waals surface area contributed by atoms with Crippen LogP contribution < -0.4 is 0 Å². The second kappa shape index (κ2) is 8.50. The third-order valence-electron chi connectivity index (χ3n) is 3.95. The molecule has 0 N–H and O–H groups in total. The van der Waals surface area contributed by atoms with E-state index in [2.05, 4.69) is 0 Å². The molecule has 2 heterocycles. The van der Waals surface area contributed by atoms with E-state index in [4.69, 9.17) is 23.2 Å². The summed E-state index contributed by atoms with van der Waals surface area (Å²) in [4.78, 5) is 14.1. The van der Waals surface area contributed by atoms with Crippen molar-refractivity contribution >= 4 is 62.2 Å². The first-order valence-corrected chi connectivity index (χ1v) is 11.8. The fourth-order valence-corrected chi connectivity index (χ4v) is 6.03. The SMILES string of the molecule is O=C(CSc1cccs1)N1CCN(S(=O)(=O)c2ccc(Cl)c(Cl)c2)CC1. The van der Waals surface area contributed by atoms with Crippen LogP contribution in [-0.4, -0.2) is 55.5 Å². The van der Waals surface area contributed by atoms with Crippen molar-refractivity contribution in [1.29, 1.82) is 0 Å². The lowest BCUT2D eigenvalue weighted by atomic mass is 10.3. The zero-order valence-electron chi connectivity index (χ0n) is 13.6. The number of thiophene rings is 1. The van der Waals surface area contributed by atoms with Gasteiger partial charge in [-0.1, -0.05) is 29.3 Å². The highest BCUT2D eigenvalue weighted by molar-refractivity contribution is 8.01. The van der Waals surface area contributed by atoms with E-state index < -0.39 is 10.0 Å². The van der Waals surface area contributed by atoms with Gasteiger partial charge in [0.05, 0.1) is 24.9 Å². The molecule has 0 atom stereocenters. The summed E-state index contributed by atoms with van der Waals surface area (Å²) >= 11 is 14.9. The quantitative estimate of drug-likeness (QED) is 0.651. The number of amides is 1. The van der Waals surface area contributed by atoms with Gasteiger partial charge in [-0.25, -0.2) is 8.42 Å². The number of nitrogens with zero attached hydrogens (tertiary/aromatic N) is 2. The molecule has 3 rings (SSSR count). The van der Waals surface area contributed by atoms with Crippen molar-refractivity contribution in [2.24, 2.45) is 0 Å². The third-order valence-corrected chi connectivity index (χ3v) is 8.70. The lowest BCUT2D eigenvalue weighted by molar-refractivity contribution is -0.129. The summed E-state index contributed by atoms with van der Waals surface area (Å²) in [5.74, 6) is 0.384. The van der Waals surface area contributed by atoms with Crippen molar-refractivity contribution in [2.45, 2.75) is 9.10 Å². The smallest absolute Gasteiger partial charge is 0.243 e. The van der Waals surface area contributed by atoms with E-state index in [0.717, 1.165) is 4.21 Å². The van der Waals surface area contributed by atoms with Gasteiger partial charge < -0.3 is 4.90 Å². The highest BCUT2D eigenvalue weighted by atomic mass is 35.5. The van der Waals surface area contributed by atoms with E-state index in [9.17, 15) is 13.2 Å². The van der Waals surface area contributed by atoms with Gasteiger partial charge in [0.2, 0.25) is 15.9 Å². The zero-order valence-corrected chi connectivity index (χ0v) is 17.6. The Morgan fingerprint density at radius 2 is 1.85 bits per heavy atom. The highest BCUT2D eigenvalue weighted by Gasteiger charge is 2.30. The number of carbonyl (C=O) groups excluding carboxylic acids is 1. The molecule has 5 nitrogen and oxygen atoms in total. The Morgan fingerprint density at radius 3 is 2.46 bits per heavy atom. The summed E-state index contributed by atoms with van der Waals surface area (Å²) < 4.78 is 27.9. The predicted octanol–water partition coefficient (Wildman–Crippen LogP) is 3.68. The van der Waals surface area contributed by atoms with Crippen molar-refractivity contribution in [3.63, 3.8) is 0 Å². The van der Waals surface area contributed by atoms with Gasteiger partial charge in [0, 0.05) is 26.2 Å². The van der Waals surface area contributed by atoms with Crippen LogP contribution >= 0.6 is 46.3 Å². The zero-order chi connectivity index (χ0) is 18.7. The molecule has 10 heteroatoms. The molecule has 1 aromatic heterocycles. The molecule has 0 spiro atoms. The molecule has 0 radical (unpaired) electrons. The van der Waals surface area contributed by atoms with Gasteiger partial charge in [-0.2, -0.15) is 4.31 Å². The van der Waals surface area contributed by atoms with Crippen molar-refractivity contribution < 1.29 is 13.2 Å². The van der Waals surface area contributed by atoms with E-state index >= 15 is 0 Å². The van der Waals surface area contributed by atoms with Crippen LogP contribution in [0.3, 0.4) is 0 Å². The van der Waals surface area contributed by atoms with Crippen molar-refractivity contribution in [2.75, 3.05) is 31.9 Å². The highest BCUT2D eigenvalue weighted by Crippen LogP contribution is 2.27. The van der Waals surface area contributed by atoms with Crippen LogP contribution in [0.15, 0.2) is 44.8 Å². The Kier molecular flexibility index (Phi) is 6.53. The van der Waals surface area contributed by atoms with Crippen LogP contribution in [0.1, 0.15) is 0 Å². The number of piperazine rings is 1. The first kappa shape index (κ1) is 20.0. The minimum atomic E-state index is -3.65. The molecule has 1 aromatic carbocycles. The average molecular weight is 451 g/mol. The number of hydrogen-bond acceptors (Lipinski definition) is 5. The van der Waals surface area contributed by atoms with Crippen LogP contribution in [0.4, 0.5) is 0 Å². The standard InChI is InChI=1S/C16H16Cl2N2O3S3/c17-13-4-3-12(10-14(13)18)26(22,23)20-7-5-19(6-8-20)15(21)11-25-16-2-1-9-24-16/h1-4,9-10H,5-8,11H2. The second-order valence-corrected chi connectivity index (χ2v) is 10.6. The summed E-state index contributed by atoms with van der Waals surface area (Å²) in [6.07, 6.45) is 0. The van der Waals surface area contributed by atoms with Gasteiger partial charge in [-0.15, -0.1) is 23.1 Å². The van der Waals surface area contributed by atoms with Crippen molar-refractivity contribution in [1.82, 2.24) is 9.21 Å². The molecule has 0 bridgehead atoms. The first-order valence-electron chi connectivity index (χ1n) is 7.77. The summed E-state index contributed by atoms with van der Waals surface area (Å²) in [5, 5.41) is 2.48. The van der Waals surface area contributed by atoms with E-state index in [-0.39, 0.29) is 28.9 Å². The summed E-state index contributed by atoms with van der Waals surface area (Å²) in [5.41, 5.74) is 0. The number of benzene rings is 1. The Balaban J connectivity index is 1.58. The molecule has 140 valence electrons. The van der Waals surface area contributed by atoms with Crippen LogP contribution in [0.2, 0.25) is 10.0 Å². The molecule has 1 fully saturated rings. The minimum Gasteiger partial charge on any atom is -0.339 e. The van der Waals surface area contributed by atoms with E-state index in [0.29, 0.717) is 23.9 Å². The molecular formula is C16H16Cl2N2O3S3. The van der Waals surface area contributed by atoms with Crippen molar-refractivity contribution in [3.05, 3.63) is 45.8 Å². The lowest BCUT2D eigenvalue weighted by Crippen LogP contribution is -2.50. The third kappa shape index (κ3) is 4.55.